The summed E-state index contributed by atoms with van der Waals surface area (Å²) in [4.78, 5) is 14.7. The number of carbonyl (C=O) groups excluding carboxylic acids is 1. The molecule has 0 radical (unpaired) electrons. The van der Waals surface area contributed by atoms with Crippen LogP contribution < -0.4 is 0 Å². The molecule has 1 heterocycles. The first-order valence-electron chi connectivity index (χ1n) is 10.2. The Bertz CT molecular complexity index is 347. The molecular weight excluding hydrogens is 282 g/mol. The lowest BCUT2D eigenvalue weighted by Gasteiger charge is -2.35. The van der Waals surface area contributed by atoms with E-state index in [9.17, 15) is 4.79 Å². The van der Waals surface area contributed by atoms with Gasteiger partial charge >= 0.3 is 0 Å². The van der Waals surface area contributed by atoms with Crippen LogP contribution in [0.25, 0.3) is 0 Å². The molecule has 0 unspecified atom stereocenters. The normalized spacial score (nSPS) is 27.7. The molecular formula is C21H39NO. The molecule has 2 heteroatoms. The maximum absolute atomic E-state index is 12.1. The van der Waals surface area contributed by atoms with E-state index in [1.54, 1.807) is 0 Å². The highest BCUT2D eigenvalue weighted by Crippen LogP contribution is 2.34. The number of hydrogen-bond acceptors (Lipinski definition) is 2. The van der Waals surface area contributed by atoms with Gasteiger partial charge in [0.2, 0.25) is 0 Å². The SMILES string of the molecule is CC(C)C(=O)C1CCC(CCCC2CCN(C(C)C)CC2)CC1. The lowest BCUT2D eigenvalue weighted by Crippen LogP contribution is -2.38. The lowest BCUT2D eigenvalue weighted by molar-refractivity contribution is -0.127. The molecule has 1 saturated carbocycles. The van der Waals surface area contributed by atoms with Crippen LogP contribution in [0.15, 0.2) is 0 Å². The molecule has 0 atom stereocenters. The number of piperidine rings is 1. The third kappa shape index (κ3) is 5.89. The van der Waals surface area contributed by atoms with Crippen molar-refractivity contribution in [3.63, 3.8) is 0 Å². The zero-order chi connectivity index (χ0) is 16.8. The van der Waals surface area contributed by atoms with Crippen molar-refractivity contribution in [3.8, 4) is 0 Å². The maximum atomic E-state index is 12.1. The summed E-state index contributed by atoms with van der Waals surface area (Å²) in [5.74, 6) is 3.01. The van der Waals surface area contributed by atoms with Gasteiger partial charge in [-0.1, -0.05) is 33.1 Å². The number of Topliss-reactive ketones (excluding diaryl/α,β-unsaturated/α-hetero) is 1. The molecule has 23 heavy (non-hydrogen) atoms. The van der Waals surface area contributed by atoms with E-state index in [4.69, 9.17) is 0 Å². The average Bonchev–Trinajstić information content (AvgIpc) is 2.55. The Labute approximate surface area is 144 Å². The molecule has 2 rings (SSSR count). The van der Waals surface area contributed by atoms with Gasteiger partial charge < -0.3 is 4.90 Å². The van der Waals surface area contributed by atoms with Crippen molar-refractivity contribution in [2.75, 3.05) is 13.1 Å². The molecule has 0 N–H and O–H groups in total. The smallest absolute Gasteiger partial charge is 0.138 e. The Kier molecular flexibility index (Phi) is 7.59. The van der Waals surface area contributed by atoms with Crippen molar-refractivity contribution < 1.29 is 4.79 Å². The van der Waals surface area contributed by atoms with E-state index in [0.29, 0.717) is 11.7 Å². The number of nitrogens with zero attached hydrogens (tertiary/aromatic N) is 1. The number of ketones is 1. The van der Waals surface area contributed by atoms with Crippen molar-refractivity contribution in [1.29, 1.82) is 0 Å². The van der Waals surface area contributed by atoms with Gasteiger partial charge in [0.05, 0.1) is 0 Å². The molecule has 2 fully saturated rings. The molecule has 0 spiro atoms. The molecule has 0 aromatic heterocycles. The highest BCUT2D eigenvalue weighted by molar-refractivity contribution is 5.82. The molecule has 134 valence electrons. The molecule has 0 aromatic carbocycles. The fourth-order valence-electron chi connectivity index (χ4n) is 4.66. The summed E-state index contributed by atoms with van der Waals surface area (Å²) in [7, 11) is 0. The van der Waals surface area contributed by atoms with Gasteiger partial charge in [0, 0.05) is 17.9 Å². The maximum Gasteiger partial charge on any atom is 0.138 e. The second-order valence-corrected chi connectivity index (χ2v) is 8.78. The van der Waals surface area contributed by atoms with E-state index >= 15 is 0 Å². The minimum Gasteiger partial charge on any atom is -0.301 e. The van der Waals surface area contributed by atoms with Crippen LogP contribution in [0.3, 0.4) is 0 Å². The standard InChI is InChI=1S/C21H39NO/c1-16(2)21(23)20-10-8-18(9-11-20)6-5-7-19-12-14-22(15-13-19)17(3)4/h16-20H,5-15H2,1-4H3. The van der Waals surface area contributed by atoms with Crippen molar-refractivity contribution in [3.05, 3.63) is 0 Å². The summed E-state index contributed by atoms with van der Waals surface area (Å²) >= 11 is 0. The lowest BCUT2D eigenvalue weighted by atomic mass is 9.76. The van der Waals surface area contributed by atoms with Crippen LogP contribution in [-0.2, 0) is 4.79 Å². The molecule has 2 nitrogen and oxygen atoms in total. The van der Waals surface area contributed by atoms with Crippen LogP contribution >= 0.6 is 0 Å². The van der Waals surface area contributed by atoms with Crippen LogP contribution in [0.4, 0.5) is 0 Å². The Balaban J connectivity index is 1.57. The topological polar surface area (TPSA) is 20.3 Å². The van der Waals surface area contributed by atoms with Gasteiger partial charge in [-0.05, 0) is 77.3 Å². The average molecular weight is 322 g/mol. The molecule has 1 aliphatic heterocycles. The fourth-order valence-corrected chi connectivity index (χ4v) is 4.66. The van der Waals surface area contributed by atoms with E-state index in [0.717, 1.165) is 30.7 Å². The second-order valence-electron chi connectivity index (χ2n) is 8.78. The molecule has 2 aliphatic rings. The van der Waals surface area contributed by atoms with Gasteiger partial charge in [0.1, 0.15) is 5.78 Å². The van der Waals surface area contributed by atoms with Crippen molar-refractivity contribution in [1.82, 2.24) is 4.90 Å². The highest BCUT2D eigenvalue weighted by Gasteiger charge is 2.27. The summed E-state index contributed by atoms with van der Waals surface area (Å²) < 4.78 is 0. The minimum absolute atomic E-state index is 0.230. The third-order valence-electron chi connectivity index (χ3n) is 6.42. The zero-order valence-corrected chi connectivity index (χ0v) is 16.0. The molecule has 0 amide bonds. The largest absolute Gasteiger partial charge is 0.301 e. The second kappa shape index (κ2) is 9.20. The van der Waals surface area contributed by atoms with Gasteiger partial charge in [-0.25, -0.2) is 0 Å². The minimum atomic E-state index is 0.230. The van der Waals surface area contributed by atoms with Crippen molar-refractivity contribution in [2.24, 2.45) is 23.7 Å². The molecule has 1 saturated heterocycles. The van der Waals surface area contributed by atoms with E-state index in [1.165, 1.54) is 58.0 Å². The number of hydrogen-bond donors (Lipinski definition) is 0. The predicted molar refractivity (Wildman–Crippen MR) is 98.6 cm³/mol. The van der Waals surface area contributed by atoms with Gasteiger partial charge in [0.15, 0.2) is 0 Å². The fraction of sp³-hybridized carbons (Fsp3) is 0.952. The Hall–Kier alpha value is -0.370. The summed E-state index contributed by atoms with van der Waals surface area (Å²) in [5.41, 5.74) is 0. The van der Waals surface area contributed by atoms with Crippen molar-refractivity contribution in [2.45, 2.75) is 91.5 Å². The Morgan fingerprint density at radius 3 is 1.87 bits per heavy atom. The van der Waals surface area contributed by atoms with Gasteiger partial charge in [0.25, 0.3) is 0 Å². The van der Waals surface area contributed by atoms with Crippen LogP contribution in [0.1, 0.15) is 85.5 Å². The summed E-state index contributed by atoms with van der Waals surface area (Å²) in [6.07, 6.45) is 12.0. The third-order valence-corrected chi connectivity index (χ3v) is 6.42. The van der Waals surface area contributed by atoms with Gasteiger partial charge in [-0.3, -0.25) is 4.79 Å². The Morgan fingerprint density at radius 2 is 1.39 bits per heavy atom. The summed E-state index contributed by atoms with van der Waals surface area (Å²) in [6, 6.07) is 0.722. The highest BCUT2D eigenvalue weighted by atomic mass is 16.1. The monoisotopic (exact) mass is 321 g/mol. The summed E-state index contributed by atoms with van der Waals surface area (Å²) in [6.45, 7) is 11.4. The zero-order valence-electron chi connectivity index (χ0n) is 16.0. The number of likely N-dealkylation sites (tertiary alicyclic amines) is 1. The van der Waals surface area contributed by atoms with Crippen LogP contribution in [0.2, 0.25) is 0 Å². The first kappa shape index (κ1) is 19.0. The Morgan fingerprint density at radius 1 is 0.870 bits per heavy atom. The van der Waals surface area contributed by atoms with Crippen LogP contribution in [0, 0.1) is 23.7 Å². The first-order valence-corrected chi connectivity index (χ1v) is 10.2. The van der Waals surface area contributed by atoms with E-state index in [1.807, 2.05) is 0 Å². The molecule has 0 aromatic rings. The molecule has 1 aliphatic carbocycles. The first-order chi connectivity index (χ1) is 11.0. The molecule has 0 bridgehead atoms. The quantitative estimate of drug-likeness (QED) is 0.633. The van der Waals surface area contributed by atoms with Crippen LogP contribution in [-0.4, -0.2) is 29.8 Å². The van der Waals surface area contributed by atoms with Crippen molar-refractivity contribution >= 4 is 5.78 Å². The number of rotatable bonds is 7. The van der Waals surface area contributed by atoms with Crippen LogP contribution in [0.5, 0.6) is 0 Å². The van der Waals surface area contributed by atoms with Gasteiger partial charge in [-0.2, -0.15) is 0 Å². The van der Waals surface area contributed by atoms with E-state index in [-0.39, 0.29) is 5.92 Å². The van der Waals surface area contributed by atoms with E-state index < -0.39 is 0 Å². The van der Waals surface area contributed by atoms with Gasteiger partial charge in [-0.15, -0.1) is 0 Å². The number of carbonyl (C=O) groups is 1. The summed E-state index contributed by atoms with van der Waals surface area (Å²) in [5, 5.41) is 0. The van der Waals surface area contributed by atoms with E-state index in [2.05, 4.69) is 32.6 Å². The predicted octanol–water partition coefficient (Wildman–Crippen LogP) is 5.31.